The number of hydrogen-bond acceptors (Lipinski definition) is 1. The van der Waals surface area contributed by atoms with Gasteiger partial charge < -0.3 is 4.74 Å². The van der Waals surface area contributed by atoms with Crippen molar-refractivity contribution in [1.29, 1.82) is 0 Å². The standard InChI is InChI=1S/C14H18BrClO/c1-11-3-4-12(13(16)7-11)8-14(9-15)5-2-6-17-10-14/h3-4,7H,2,5-6,8-10H2,1H3. The number of aryl methyl sites for hydroxylation is 1. The van der Waals surface area contributed by atoms with Gasteiger partial charge in [-0.05, 0) is 43.4 Å². The summed E-state index contributed by atoms with van der Waals surface area (Å²) in [7, 11) is 0. The molecule has 1 heterocycles. The zero-order chi connectivity index (χ0) is 12.3. The van der Waals surface area contributed by atoms with Crippen molar-refractivity contribution in [2.75, 3.05) is 18.5 Å². The molecule has 1 aliphatic rings. The van der Waals surface area contributed by atoms with Crippen molar-refractivity contribution in [2.24, 2.45) is 5.41 Å². The van der Waals surface area contributed by atoms with Crippen LogP contribution in [0.25, 0.3) is 0 Å². The van der Waals surface area contributed by atoms with E-state index in [9.17, 15) is 0 Å². The Morgan fingerprint density at radius 3 is 2.88 bits per heavy atom. The predicted octanol–water partition coefficient (Wildman–Crippen LogP) is 4.38. The molecular weight excluding hydrogens is 300 g/mol. The summed E-state index contributed by atoms with van der Waals surface area (Å²) in [4.78, 5) is 0. The third-order valence-electron chi connectivity index (χ3n) is 3.46. The monoisotopic (exact) mass is 316 g/mol. The summed E-state index contributed by atoms with van der Waals surface area (Å²) in [6, 6.07) is 6.33. The fourth-order valence-corrected chi connectivity index (χ4v) is 3.34. The first kappa shape index (κ1) is 13.4. The van der Waals surface area contributed by atoms with Crippen LogP contribution < -0.4 is 0 Å². The Kier molecular flexibility index (Phi) is 4.51. The van der Waals surface area contributed by atoms with Crippen molar-refractivity contribution >= 4 is 27.5 Å². The molecule has 1 atom stereocenters. The highest BCUT2D eigenvalue weighted by atomic mass is 79.9. The Morgan fingerprint density at radius 1 is 1.47 bits per heavy atom. The zero-order valence-electron chi connectivity index (χ0n) is 10.1. The SMILES string of the molecule is Cc1ccc(CC2(CBr)CCCOC2)c(Cl)c1. The second kappa shape index (κ2) is 5.73. The highest BCUT2D eigenvalue weighted by Gasteiger charge is 2.32. The van der Waals surface area contributed by atoms with Crippen LogP contribution in [0.4, 0.5) is 0 Å². The minimum atomic E-state index is 0.219. The Balaban J connectivity index is 2.17. The van der Waals surface area contributed by atoms with Gasteiger partial charge in [0, 0.05) is 22.4 Å². The summed E-state index contributed by atoms with van der Waals surface area (Å²) >= 11 is 9.95. The fraction of sp³-hybridized carbons (Fsp3) is 0.571. The first-order valence-corrected chi connectivity index (χ1v) is 7.54. The summed E-state index contributed by atoms with van der Waals surface area (Å²) < 4.78 is 5.64. The molecule has 0 radical (unpaired) electrons. The molecule has 0 bridgehead atoms. The lowest BCUT2D eigenvalue weighted by atomic mass is 9.79. The largest absolute Gasteiger partial charge is 0.381 e. The van der Waals surface area contributed by atoms with Gasteiger partial charge in [0.15, 0.2) is 0 Å². The second-order valence-electron chi connectivity index (χ2n) is 5.06. The summed E-state index contributed by atoms with van der Waals surface area (Å²) in [5.74, 6) is 0. The van der Waals surface area contributed by atoms with Gasteiger partial charge in [0.2, 0.25) is 0 Å². The fourth-order valence-electron chi connectivity index (χ4n) is 2.40. The van der Waals surface area contributed by atoms with Crippen LogP contribution in [0.5, 0.6) is 0 Å². The molecule has 0 saturated carbocycles. The van der Waals surface area contributed by atoms with Gasteiger partial charge in [0.25, 0.3) is 0 Å². The molecule has 0 amide bonds. The van der Waals surface area contributed by atoms with E-state index in [0.29, 0.717) is 0 Å². The molecule has 17 heavy (non-hydrogen) atoms. The summed E-state index contributed by atoms with van der Waals surface area (Å²) in [5.41, 5.74) is 2.67. The number of benzene rings is 1. The van der Waals surface area contributed by atoms with Crippen molar-refractivity contribution in [1.82, 2.24) is 0 Å². The van der Waals surface area contributed by atoms with Crippen LogP contribution in [-0.2, 0) is 11.2 Å². The van der Waals surface area contributed by atoms with Gasteiger partial charge in [-0.3, -0.25) is 0 Å². The molecule has 1 unspecified atom stereocenters. The van der Waals surface area contributed by atoms with Crippen LogP contribution in [-0.4, -0.2) is 18.5 Å². The van der Waals surface area contributed by atoms with E-state index in [0.717, 1.165) is 36.4 Å². The predicted molar refractivity (Wildman–Crippen MR) is 76.2 cm³/mol. The van der Waals surface area contributed by atoms with Gasteiger partial charge in [-0.25, -0.2) is 0 Å². The number of hydrogen-bond donors (Lipinski definition) is 0. The van der Waals surface area contributed by atoms with E-state index in [1.165, 1.54) is 17.5 Å². The Labute approximate surface area is 117 Å². The first-order valence-electron chi connectivity index (χ1n) is 6.04. The molecule has 1 fully saturated rings. The third-order valence-corrected chi connectivity index (χ3v) is 5.00. The molecule has 1 nitrogen and oxygen atoms in total. The van der Waals surface area contributed by atoms with Gasteiger partial charge in [-0.1, -0.05) is 39.7 Å². The Morgan fingerprint density at radius 2 is 2.29 bits per heavy atom. The van der Waals surface area contributed by atoms with E-state index >= 15 is 0 Å². The lowest BCUT2D eigenvalue weighted by Crippen LogP contribution is -2.35. The molecule has 0 aliphatic carbocycles. The maximum Gasteiger partial charge on any atom is 0.0533 e. The maximum atomic E-state index is 6.31. The van der Waals surface area contributed by atoms with Crippen molar-refractivity contribution < 1.29 is 4.74 Å². The number of alkyl halides is 1. The number of halogens is 2. The van der Waals surface area contributed by atoms with Crippen molar-refractivity contribution in [2.45, 2.75) is 26.2 Å². The van der Waals surface area contributed by atoms with E-state index in [1.54, 1.807) is 0 Å². The molecule has 1 aromatic carbocycles. The van der Waals surface area contributed by atoms with Gasteiger partial charge in [-0.2, -0.15) is 0 Å². The molecule has 3 heteroatoms. The summed E-state index contributed by atoms with van der Waals surface area (Å²) in [5, 5.41) is 1.86. The van der Waals surface area contributed by atoms with Gasteiger partial charge >= 0.3 is 0 Å². The lowest BCUT2D eigenvalue weighted by Gasteiger charge is -2.36. The summed E-state index contributed by atoms with van der Waals surface area (Å²) in [6.07, 6.45) is 3.36. The maximum absolute atomic E-state index is 6.31. The molecule has 1 aliphatic heterocycles. The molecule has 0 aromatic heterocycles. The van der Waals surface area contributed by atoms with E-state index < -0.39 is 0 Å². The minimum Gasteiger partial charge on any atom is -0.381 e. The van der Waals surface area contributed by atoms with Crippen LogP contribution in [0, 0.1) is 12.3 Å². The van der Waals surface area contributed by atoms with Gasteiger partial charge in [0.05, 0.1) is 6.61 Å². The van der Waals surface area contributed by atoms with Crippen LogP contribution in [0.15, 0.2) is 18.2 Å². The number of rotatable bonds is 3. The molecular formula is C14H18BrClO. The molecule has 2 rings (SSSR count). The van der Waals surface area contributed by atoms with Gasteiger partial charge in [0.1, 0.15) is 0 Å². The first-order chi connectivity index (χ1) is 8.15. The highest BCUT2D eigenvalue weighted by Crippen LogP contribution is 2.36. The average molecular weight is 318 g/mol. The summed E-state index contributed by atoms with van der Waals surface area (Å²) in [6.45, 7) is 3.80. The Hall–Kier alpha value is -0.0500. The minimum absolute atomic E-state index is 0.219. The molecule has 0 N–H and O–H groups in total. The second-order valence-corrected chi connectivity index (χ2v) is 6.03. The van der Waals surface area contributed by atoms with Crippen molar-refractivity contribution in [3.8, 4) is 0 Å². The van der Waals surface area contributed by atoms with Crippen LogP contribution >= 0.6 is 27.5 Å². The molecule has 94 valence electrons. The smallest absolute Gasteiger partial charge is 0.0533 e. The third kappa shape index (κ3) is 3.24. The van der Waals surface area contributed by atoms with Gasteiger partial charge in [-0.15, -0.1) is 0 Å². The average Bonchev–Trinajstić information content (AvgIpc) is 2.34. The topological polar surface area (TPSA) is 9.23 Å². The molecule has 1 saturated heterocycles. The van der Waals surface area contributed by atoms with E-state index in [4.69, 9.17) is 16.3 Å². The van der Waals surface area contributed by atoms with Crippen molar-refractivity contribution in [3.05, 3.63) is 34.3 Å². The van der Waals surface area contributed by atoms with Crippen molar-refractivity contribution in [3.63, 3.8) is 0 Å². The lowest BCUT2D eigenvalue weighted by molar-refractivity contribution is 0.00616. The Bertz CT molecular complexity index is 386. The van der Waals surface area contributed by atoms with E-state index in [1.807, 2.05) is 6.07 Å². The zero-order valence-corrected chi connectivity index (χ0v) is 12.5. The van der Waals surface area contributed by atoms with E-state index in [2.05, 4.69) is 35.0 Å². The molecule has 0 spiro atoms. The van der Waals surface area contributed by atoms with E-state index in [-0.39, 0.29) is 5.41 Å². The quantitative estimate of drug-likeness (QED) is 0.752. The van der Waals surface area contributed by atoms with Crippen LogP contribution in [0.1, 0.15) is 24.0 Å². The number of ether oxygens (including phenoxy) is 1. The van der Waals surface area contributed by atoms with Crippen LogP contribution in [0.3, 0.4) is 0 Å². The molecule has 1 aromatic rings. The van der Waals surface area contributed by atoms with Crippen LogP contribution in [0.2, 0.25) is 5.02 Å². The highest BCUT2D eigenvalue weighted by molar-refractivity contribution is 9.09. The normalized spacial score (nSPS) is 24.9.